The summed E-state index contributed by atoms with van der Waals surface area (Å²) >= 11 is 0. The van der Waals surface area contributed by atoms with Gasteiger partial charge in [-0.3, -0.25) is 0 Å². The van der Waals surface area contributed by atoms with Gasteiger partial charge in [-0.2, -0.15) is 0 Å². The van der Waals surface area contributed by atoms with E-state index in [1.54, 1.807) is 0 Å². The van der Waals surface area contributed by atoms with Gasteiger partial charge in [0.05, 0.1) is 6.61 Å². The lowest BCUT2D eigenvalue weighted by molar-refractivity contribution is -0.149. The molecule has 0 heterocycles. The molecule has 0 radical (unpaired) electrons. The van der Waals surface area contributed by atoms with E-state index < -0.39 is 12.1 Å². The fourth-order valence-electron chi connectivity index (χ4n) is 1.09. The second kappa shape index (κ2) is 4.77. The first-order valence-electron chi connectivity index (χ1n) is 4.49. The first-order chi connectivity index (χ1) is 6.59. The molecule has 1 aromatic carbocycles. The Hall–Kier alpha value is -1.35. The molecule has 0 aliphatic rings. The molecule has 0 bridgehead atoms. The minimum Gasteiger partial charge on any atom is -0.479 e. The van der Waals surface area contributed by atoms with E-state index in [1.807, 2.05) is 31.2 Å². The van der Waals surface area contributed by atoms with Gasteiger partial charge in [0.2, 0.25) is 0 Å². The van der Waals surface area contributed by atoms with Gasteiger partial charge in [0, 0.05) is 0 Å². The highest BCUT2D eigenvalue weighted by Gasteiger charge is 2.10. The van der Waals surface area contributed by atoms with Crippen molar-refractivity contribution in [3.63, 3.8) is 0 Å². The third kappa shape index (κ3) is 3.18. The maximum atomic E-state index is 10.5. The van der Waals surface area contributed by atoms with Crippen LogP contribution in [-0.2, 0) is 16.1 Å². The zero-order valence-corrected chi connectivity index (χ0v) is 8.36. The van der Waals surface area contributed by atoms with Gasteiger partial charge in [0.15, 0.2) is 6.10 Å². The Morgan fingerprint density at radius 3 is 2.86 bits per heavy atom. The first kappa shape index (κ1) is 10.7. The lowest BCUT2D eigenvalue weighted by Crippen LogP contribution is -2.19. The van der Waals surface area contributed by atoms with Gasteiger partial charge in [-0.1, -0.05) is 29.8 Å². The lowest BCUT2D eigenvalue weighted by atomic mass is 10.1. The minimum atomic E-state index is -0.933. The molecule has 0 aromatic heterocycles. The van der Waals surface area contributed by atoms with E-state index in [0.717, 1.165) is 11.1 Å². The van der Waals surface area contributed by atoms with Gasteiger partial charge >= 0.3 is 5.97 Å². The number of hydrogen-bond donors (Lipinski definition) is 1. The molecule has 0 saturated heterocycles. The first-order valence-corrected chi connectivity index (χ1v) is 4.49. The Labute approximate surface area is 83.3 Å². The third-order valence-electron chi connectivity index (χ3n) is 1.93. The molecule has 0 saturated carbocycles. The van der Waals surface area contributed by atoms with Crippen LogP contribution in [-0.4, -0.2) is 17.2 Å². The van der Waals surface area contributed by atoms with E-state index in [0.29, 0.717) is 6.61 Å². The Kier molecular flexibility index (Phi) is 3.65. The molecule has 0 aliphatic carbocycles. The number of carbonyl (C=O) groups is 1. The van der Waals surface area contributed by atoms with Crippen LogP contribution in [0.3, 0.4) is 0 Å². The number of benzene rings is 1. The summed E-state index contributed by atoms with van der Waals surface area (Å²) in [4.78, 5) is 10.5. The molecule has 0 aliphatic heterocycles. The zero-order valence-electron chi connectivity index (χ0n) is 8.36. The zero-order chi connectivity index (χ0) is 10.6. The molecule has 3 heteroatoms. The van der Waals surface area contributed by atoms with Crippen LogP contribution in [0.1, 0.15) is 18.1 Å². The minimum absolute atomic E-state index is 0.342. The molecule has 1 rings (SSSR count). The second-order valence-corrected chi connectivity index (χ2v) is 3.28. The van der Waals surface area contributed by atoms with Crippen molar-refractivity contribution in [1.82, 2.24) is 0 Å². The number of rotatable bonds is 4. The summed E-state index contributed by atoms with van der Waals surface area (Å²) in [5.41, 5.74) is 2.15. The van der Waals surface area contributed by atoms with Gasteiger partial charge in [0.25, 0.3) is 0 Å². The molecule has 3 nitrogen and oxygen atoms in total. The Balaban J connectivity index is 2.49. The highest BCUT2D eigenvalue weighted by Crippen LogP contribution is 2.06. The number of carboxylic acid groups (broad SMARTS) is 1. The normalized spacial score (nSPS) is 12.4. The highest BCUT2D eigenvalue weighted by atomic mass is 16.5. The van der Waals surface area contributed by atoms with Gasteiger partial charge in [-0.15, -0.1) is 0 Å². The highest BCUT2D eigenvalue weighted by molar-refractivity contribution is 5.71. The number of hydrogen-bond acceptors (Lipinski definition) is 2. The van der Waals surface area contributed by atoms with Crippen LogP contribution in [0, 0.1) is 6.92 Å². The summed E-state index contributed by atoms with van der Waals surface area (Å²) in [6, 6.07) is 7.82. The van der Waals surface area contributed by atoms with Crippen molar-refractivity contribution < 1.29 is 14.6 Å². The van der Waals surface area contributed by atoms with Crippen LogP contribution < -0.4 is 0 Å². The fraction of sp³-hybridized carbons (Fsp3) is 0.364. The number of aliphatic carboxylic acids is 1. The predicted molar refractivity (Wildman–Crippen MR) is 53.1 cm³/mol. The Bertz CT molecular complexity index is 320. The maximum absolute atomic E-state index is 10.5. The molecule has 0 spiro atoms. The Morgan fingerprint density at radius 1 is 1.57 bits per heavy atom. The van der Waals surface area contributed by atoms with E-state index >= 15 is 0 Å². The van der Waals surface area contributed by atoms with Crippen LogP contribution in [0.25, 0.3) is 0 Å². The molecule has 1 N–H and O–H groups in total. The molecule has 1 atom stereocenters. The fourth-order valence-corrected chi connectivity index (χ4v) is 1.09. The second-order valence-electron chi connectivity index (χ2n) is 3.28. The Morgan fingerprint density at radius 2 is 2.29 bits per heavy atom. The van der Waals surface area contributed by atoms with Crippen molar-refractivity contribution >= 4 is 5.97 Å². The molecular formula is C11H14O3. The van der Waals surface area contributed by atoms with Crippen molar-refractivity contribution in [2.45, 2.75) is 26.6 Å². The van der Waals surface area contributed by atoms with Crippen LogP contribution >= 0.6 is 0 Å². The lowest BCUT2D eigenvalue weighted by Gasteiger charge is -2.08. The van der Waals surface area contributed by atoms with Crippen molar-refractivity contribution in [3.05, 3.63) is 35.4 Å². The summed E-state index contributed by atoms with van der Waals surface area (Å²) in [6.07, 6.45) is -0.754. The van der Waals surface area contributed by atoms with Crippen molar-refractivity contribution in [2.24, 2.45) is 0 Å². The van der Waals surface area contributed by atoms with E-state index in [9.17, 15) is 4.79 Å². The summed E-state index contributed by atoms with van der Waals surface area (Å²) in [5.74, 6) is -0.933. The average molecular weight is 194 g/mol. The number of aryl methyl sites for hydroxylation is 1. The molecule has 1 aromatic rings. The summed E-state index contributed by atoms with van der Waals surface area (Å²) < 4.78 is 5.14. The van der Waals surface area contributed by atoms with Gasteiger partial charge < -0.3 is 9.84 Å². The third-order valence-corrected chi connectivity index (χ3v) is 1.93. The maximum Gasteiger partial charge on any atom is 0.332 e. The van der Waals surface area contributed by atoms with Crippen LogP contribution in [0.4, 0.5) is 0 Å². The standard InChI is InChI=1S/C11H14O3/c1-8-4-3-5-10(6-8)7-14-9(2)11(12)13/h3-6,9H,7H2,1-2H3,(H,12,13). The van der Waals surface area contributed by atoms with Crippen molar-refractivity contribution in [1.29, 1.82) is 0 Å². The quantitative estimate of drug-likeness (QED) is 0.797. The molecule has 76 valence electrons. The molecule has 0 fully saturated rings. The molecule has 14 heavy (non-hydrogen) atoms. The molecule has 1 unspecified atom stereocenters. The van der Waals surface area contributed by atoms with Crippen molar-refractivity contribution in [2.75, 3.05) is 0 Å². The summed E-state index contributed by atoms with van der Waals surface area (Å²) in [6.45, 7) is 3.86. The molecule has 0 amide bonds. The average Bonchev–Trinajstić information content (AvgIpc) is 2.14. The monoisotopic (exact) mass is 194 g/mol. The van der Waals surface area contributed by atoms with E-state index in [-0.39, 0.29) is 0 Å². The number of carboxylic acids is 1. The molecular weight excluding hydrogens is 180 g/mol. The summed E-state index contributed by atoms with van der Waals surface area (Å²) in [5, 5.41) is 8.59. The van der Waals surface area contributed by atoms with Gasteiger partial charge in [-0.05, 0) is 19.4 Å². The summed E-state index contributed by atoms with van der Waals surface area (Å²) in [7, 11) is 0. The van der Waals surface area contributed by atoms with Crippen molar-refractivity contribution in [3.8, 4) is 0 Å². The van der Waals surface area contributed by atoms with Gasteiger partial charge in [-0.25, -0.2) is 4.79 Å². The smallest absolute Gasteiger partial charge is 0.332 e. The van der Waals surface area contributed by atoms with E-state index in [2.05, 4.69) is 0 Å². The van der Waals surface area contributed by atoms with Crippen LogP contribution in [0.2, 0.25) is 0 Å². The largest absolute Gasteiger partial charge is 0.479 e. The van der Waals surface area contributed by atoms with E-state index in [4.69, 9.17) is 9.84 Å². The topological polar surface area (TPSA) is 46.5 Å². The van der Waals surface area contributed by atoms with Crippen LogP contribution in [0.5, 0.6) is 0 Å². The SMILES string of the molecule is Cc1cccc(COC(C)C(=O)O)c1. The predicted octanol–water partition coefficient (Wildman–Crippen LogP) is 1.98. The van der Waals surface area contributed by atoms with Crippen LogP contribution in [0.15, 0.2) is 24.3 Å². The van der Waals surface area contributed by atoms with Gasteiger partial charge in [0.1, 0.15) is 0 Å². The number of ether oxygens (including phenoxy) is 1. The van der Waals surface area contributed by atoms with E-state index in [1.165, 1.54) is 6.92 Å².